The van der Waals surface area contributed by atoms with Crippen molar-refractivity contribution >= 4 is 16.8 Å². The number of benzene rings is 1. The molecule has 0 aliphatic heterocycles. The summed E-state index contributed by atoms with van der Waals surface area (Å²) in [5.41, 5.74) is 1.79. The van der Waals surface area contributed by atoms with Crippen molar-refractivity contribution in [1.82, 2.24) is 20.1 Å². The molecule has 6 heteroatoms. The molecule has 2 heterocycles. The molecular weight excluding hydrogens is 328 g/mol. The summed E-state index contributed by atoms with van der Waals surface area (Å²) in [6.07, 6.45) is 6.27. The van der Waals surface area contributed by atoms with Crippen LogP contribution in [0, 0.1) is 0 Å². The average molecular weight is 352 g/mol. The molecule has 1 N–H and O–H groups in total. The van der Waals surface area contributed by atoms with Crippen LogP contribution in [0.2, 0.25) is 0 Å². The van der Waals surface area contributed by atoms with E-state index in [4.69, 9.17) is 4.42 Å². The predicted octanol–water partition coefficient (Wildman–Crippen LogP) is 3.70. The van der Waals surface area contributed by atoms with E-state index >= 15 is 0 Å². The van der Waals surface area contributed by atoms with Crippen molar-refractivity contribution in [1.29, 1.82) is 0 Å². The molecule has 0 spiro atoms. The maximum absolute atomic E-state index is 12.6. The van der Waals surface area contributed by atoms with Crippen LogP contribution in [0.25, 0.3) is 22.5 Å². The van der Waals surface area contributed by atoms with Gasteiger partial charge >= 0.3 is 0 Å². The molecule has 1 amide bonds. The standard InChI is InChI=1S/C20H24N4O2/c1-2-7-19-22-23-20(26-19)17-12-14-8-3-6-11-16(14)24(17)13-18(25)21-15-9-4-5-10-15/h3,6,8,11-12,15H,2,4-5,7,9-10,13H2,1H3,(H,21,25). The summed E-state index contributed by atoms with van der Waals surface area (Å²) in [5, 5.41) is 12.5. The number of fused-ring (bicyclic) bond motifs is 1. The summed E-state index contributed by atoms with van der Waals surface area (Å²) in [6.45, 7) is 2.33. The zero-order valence-electron chi connectivity index (χ0n) is 15.1. The van der Waals surface area contributed by atoms with Gasteiger partial charge in [-0.15, -0.1) is 10.2 Å². The lowest BCUT2D eigenvalue weighted by atomic mass is 10.2. The third-order valence-electron chi connectivity index (χ3n) is 4.98. The Balaban J connectivity index is 1.65. The summed E-state index contributed by atoms with van der Waals surface area (Å²) >= 11 is 0. The van der Waals surface area contributed by atoms with Gasteiger partial charge in [0.1, 0.15) is 12.2 Å². The first-order chi connectivity index (χ1) is 12.7. The fraction of sp³-hybridized carbons (Fsp3) is 0.450. The average Bonchev–Trinajstić information content (AvgIpc) is 3.36. The highest BCUT2D eigenvalue weighted by Crippen LogP contribution is 2.28. The van der Waals surface area contributed by atoms with Crippen LogP contribution in [0.15, 0.2) is 34.7 Å². The fourth-order valence-electron chi connectivity index (χ4n) is 3.72. The number of aromatic nitrogens is 3. The van der Waals surface area contributed by atoms with Crippen molar-refractivity contribution in [3.05, 3.63) is 36.2 Å². The zero-order chi connectivity index (χ0) is 17.9. The second kappa shape index (κ2) is 7.32. The van der Waals surface area contributed by atoms with Crippen LogP contribution < -0.4 is 5.32 Å². The maximum atomic E-state index is 12.6. The van der Waals surface area contributed by atoms with E-state index in [2.05, 4.69) is 22.4 Å². The van der Waals surface area contributed by atoms with Gasteiger partial charge in [0.05, 0.1) is 0 Å². The number of amides is 1. The maximum Gasteiger partial charge on any atom is 0.264 e. The van der Waals surface area contributed by atoms with Gasteiger partial charge in [-0.3, -0.25) is 4.79 Å². The quantitative estimate of drug-likeness (QED) is 0.734. The molecule has 0 radical (unpaired) electrons. The Morgan fingerprint density at radius 1 is 1.27 bits per heavy atom. The van der Waals surface area contributed by atoms with Crippen molar-refractivity contribution in [2.24, 2.45) is 0 Å². The lowest BCUT2D eigenvalue weighted by molar-refractivity contribution is -0.122. The van der Waals surface area contributed by atoms with Gasteiger partial charge in [0, 0.05) is 23.4 Å². The molecule has 1 saturated carbocycles. The first-order valence-corrected chi connectivity index (χ1v) is 9.45. The first kappa shape index (κ1) is 16.8. The van der Waals surface area contributed by atoms with E-state index in [9.17, 15) is 4.79 Å². The van der Waals surface area contributed by atoms with E-state index in [1.165, 1.54) is 12.8 Å². The largest absolute Gasteiger partial charge is 0.419 e. The Bertz CT molecular complexity index is 906. The van der Waals surface area contributed by atoms with Crippen LogP contribution in [0.5, 0.6) is 0 Å². The summed E-state index contributed by atoms with van der Waals surface area (Å²) in [5.74, 6) is 1.14. The molecular formula is C20H24N4O2. The van der Waals surface area contributed by atoms with Crippen LogP contribution >= 0.6 is 0 Å². The molecule has 26 heavy (non-hydrogen) atoms. The highest BCUT2D eigenvalue weighted by molar-refractivity contribution is 5.88. The zero-order valence-corrected chi connectivity index (χ0v) is 15.1. The Labute approximate surface area is 152 Å². The topological polar surface area (TPSA) is 73.0 Å². The normalized spacial score (nSPS) is 15.0. The summed E-state index contributed by atoms with van der Waals surface area (Å²) in [4.78, 5) is 12.6. The van der Waals surface area contributed by atoms with Gasteiger partial charge in [0.25, 0.3) is 5.89 Å². The van der Waals surface area contributed by atoms with Crippen molar-refractivity contribution in [2.75, 3.05) is 0 Å². The number of carbonyl (C=O) groups excluding carboxylic acids is 1. The number of nitrogens with one attached hydrogen (secondary N) is 1. The van der Waals surface area contributed by atoms with E-state index in [-0.39, 0.29) is 12.5 Å². The van der Waals surface area contributed by atoms with Crippen molar-refractivity contribution in [3.8, 4) is 11.6 Å². The van der Waals surface area contributed by atoms with Crippen LogP contribution in [-0.2, 0) is 17.8 Å². The Hall–Kier alpha value is -2.63. The summed E-state index contributed by atoms with van der Waals surface area (Å²) < 4.78 is 7.80. The number of hydrogen-bond donors (Lipinski definition) is 1. The lowest BCUT2D eigenvalue weighted by Crippen LogP contribution is -2.35. The van der Waals surface area contributed by atoms with Gasteiger partial charge in [0.2, 0.25) is 11.8 Å². The third kappa shape index (κ3) is 3.36. The summed E-state index contributed by atoms with van der Waals surface area (Å²) in [7, 11) is 0. The molecule has 0 bridgehead atoms. The molecule has 3 aromatic rings. The van der Waals surface area contributed by atoms with Crippen LogP contribution in [0.3, 0.4) is 0 Å². The SMILES string of the molecule is CCCc1nnc(-c2cc3ccccc3n2CC(=O)NC2CCCC2)o1. The van der Waals surface area contributed by atoms with Gasteiger partial charge in [-0.25, -0.2) is 0 Å². The number of aryl methyl sites for hydroxylation is 1. The molecule has 4 rings (SSSR count). The number of carbonyl (C=O) groups is 1. The monoisotopic (exact) mass is 352 g/mol. The van der Waals surface area contributed by atoms with Gasteiger partial charge in [0.15, 0.2) is 0 Å². The number of nitrogens with zero attached hydrogens (tertiary/aromatic N) is 3. The fourth-order valence-corrected chi connectivity index (χ4v) is 3.72. The number of hydrogen-bond acceptors (Lipinski definition) is 4. The minimum absolute atomic E-state index is 0.0350. The minimum atomic E-state index is 0.0350. The smallest absolute Gasteiger partial charge is 0.264 e. The Morgan fingerprint density at radius 2 is 2.08 bits per heavy atom. The van der Waals surface area contributed by atoms with Gasteiger partial charge in [-0.1, -0.05) is 38.0 Å². The van der Waals surface area contributed by atoms with Crippen LogP contribution in [0.4, 0.5) is 0 Å². The van der Waals surface area contributed by atoms with E-state index < -0.39 is 0 Å². The van der Waals surface area contributed by atoms with Crippen LogP contribution in [-0.4, -0.2) is 26.7 Å². The van der Waals surface area contributed by atoms with Crippen molar-refractivity contribution in [2.45, 2.75) is 58.0 Å². The molecule has 0 saturated heterocycles. The van der Waals surface area contributed by atoms with Crippen molar-refractivity contribution < 1.29 is 9.21 Å². The molecule has 6 nitrogen and oxygen atoms in total. The van der Waals surface area contributed by atoms with Crippen LogP contribution in [0.1, 0.15) is 44.9 Å². The molecule has 1 aliphatic rings. The third-order valence-corrected chi connectivity index (χ3v) is 4.98. The van der Waals surface area contributed by atoms with Gasteiger partial charge in [-0.05, 0) is 31.4 Å². The van der Waals surface area contributed by atoms with Crippen molar-refractivity contribution in [3.63, 3.8) is 0 Å². The summed E-state index contributed by atoms with van der Waals surface area (Å²) in [6, 6.07) is 10.4. The second-order valence-corrected chi connectivity index (χ2v) is 6.97. The lowest BCUT2D eigenvalue weighted by Gasteiger charge is -2.14. The van der Waals surface area contributed by atoms with E-state index in [0.717, 1.165) is 42.3 Å². The molecule has 0 atom stereocenters. The highest BCUT2D eigenvalue weighted by atomic mass is 16.4. The van der Waals surface area contributed by atoms with Gasteiger partial charge in [-0.2, -0.15) is 0 Å². The predicted molar refractivity (Wildman–Crippen MR) is 99.6 cm³/mol. The van der Waals surface area contributed by atoms with E-state index in [1.807, 2.05) is 34.9 Å². The number of para-hydroxylation sites is 1. The van der Waals surface area contributed by atoms with E-state index in [0.29, 0.717) is 17.8 Å². The molecule has 136 valence electrons. The molecule has 1 aromatic carbocycles. The van der Waals surface area contributed by atoms with E-state index in [1.54, 1.807) is 0 Å². The number of rotatable bonds is 6. The second-order valence-electron chi connectivity index (χ2n) is 6.97. The Morgan fingerprint density at radius 3 is 2.88 bits per heavy atom. The molecule has 0 unspecified atom stereocenters. The molecule has 2 aromatic heterocycles. The Kier molecular flexibility index (Phi) is 4.73. The minimum Gasteiger partial charge on any atom is -0.419 e. The molecule has 1 aliphatic carbocycles. The molecule has 1 fully saturated rings. The highest BCUT2D eigenvalue weighted by Gasteiger charge is 2.21. The van der Waals surface area contributed by atoms with Gasteiger partial charge < -0.3 is 14.3 Å². The first-order valence-electron chi connectivity index (χ1n) is 9.45.